The second-order valence-corrected chi connectivity index (χ2v) is 6.70. The Kier molecular flexibility index (Phi) is 5.53. The zero-order valence-electron chi connectivity index (χ0n) is 14.3. The van der Waals surface area contributed by atoms with Crippen molar-refractivity contribution in [1.29, 1.82) is 0 Å². The minimum absolute atomic E-state index is 0.0510. The number of benzene rings is 1. The summed E-state index contributed by atoms with van der Waals surface area (Å²) in [6.45, 7) is 0.610. The van der Waals surface area contributed by atoms with Gasteiger partial charge < -0.3 is 15.5 Å². The van der Waals surface area contributed by atoms with Crippen LogP contribution in [0.1, 0.15) is 60.4 Å². The van der Waals surface area contributed by atoms with E-state index in [2.05, 4.69) is 11.5 Å². The summed E-state index contributed by atoms with van der Waals surface area (Å²) in [5, 5.41) is 26.9. The summed E-state index contributed by atoms with van der Waals surface area (Å²) < 4.78 is 1.91. The molecule has 0 radical (unpaired) electrons. The summed E-state index contributed by atoms with van der Waals surface area (Å²) in [6, 6.07) is 5.71. The van der Waals surface area contributed by atoms with Crippen LogP contribution in [0.2, 0.25) is 0 Å². The summed E-state index contributed by atoms with van der Waals surface area (Å²) in [6.07, 6.45) is 8.53. The molecule has 1 fully saturated rings. The maximum absolute atomic E-state index is 9.42. The van der Waals surface area contributed by atoms with Crippen LogP contribution in [0.4, 0.5) is 5.69 Å². The first-order chi connectivity index (χ1) is 11.7. The molecule has 1 aliphatic carbocycles. The van der Waals surface area contributed by atoms with Crippen LogP contribution in [0.3, 0.4) is 0 Å². The summed E-state index contributed by atoms with van der Waals surface area (Å²) in [4.78, 5) is 0. The van der Waals surface area contributed by atoms with Crippen LogP contribution in [0.5, 0.6) is 0 Å². The molecule has 3 rings (SSSR count). The molecule has 0 bridgehead atoms. The number of aromatic nitrogens is 2. The maximum Gasteiger partial charge on any atom is 0.0705 e. The molecule has 24 heavy (non-hydrogen) atoms. The van der Waals surface area contributed by atoms with Gasteiger partial charge in [0.25, 0.3) is 0 Å². The Balaban J connectivity index is 1.72. The Morgan fingerprint density at radius 3 is 2.54 bits per heavy atom. The van der Waals surface area contributed by atoms with Crippen LogP contribution >= 0.6 is 0 Å². The average Bonchev–Trinajstić information content (AvgIpc) is 3.01. The van der Waals surface area contributed by atoms with Crippen molar-refractivity contribution >= 4 is 5.69 Å². The third-order valence-corrected chi connectivity index (χ3v) is 4.96. The highest BCUT2D eigenvalue weighted by molar-refractivity contribution is 5.49. The van der Waals surface area contributed by atoms with Crippen molar-refractivity contribution in [3.05, 3.63) is 46.8 Å². The van der Waals surface area contributed by atoms with E-state index in [0.29, 0.717) is 5.92 Å². The molecule has 0 saturated heterocycles. The highest BCUT2D eigenvalue weighted by Gasteiger charge is 2.21. The summed E-state index contributed by atoms with van der Waals surface area (Å²) >= 11 is 0. The smallest absolute Gasteiger partial charge is 0.0705 e. The van der Waals surface area contributed by atoms with Gasteiger partial charge in [-0.05, 0) is 36.1 Å². The molecule has 0 unspecified atom stereocenters. The van der Waals surface area contributed by atoms with Crippen molar-refractivity contribution in [3.8, 4) is 0 Å². The molecule has 1 heterocycles. The van der Waals surface area contributed by atoms with E-state index in [1.807, 2.05) is 29.9 Å². The normalized spacial score (nSPS) is 15.6. The number of hydrogen-bond donors (Lipinski definition) is 3. The van der Waals surface area contributed by atoms with Gasteiger partial charge in [-0.1, -0.05) is 25.3 Å². The van der Waals surface area contributed by atoms with E-state index in [1.54, 1.807) is 0 Å². The fourth-order valence-corrected chi connectivity index (χ4v) is 3.65. The third-order valence-electron chi connectivity index (χ3n) is 4.96. The number of rotatable bonds is 6. The van der Waals surface area contributed by atoms with Crippen LogP contribution in [0.25, 0.3) is 0 Å². The lowest BCUT2D eigenvalue weighted by atomic mass is 9.85. The van der Waals surface area contributed by atoms with E-state index in [-0.39, 0.29) is 13.2 Å². The topological polar surface area (TPSA) is 70.3 Å². The molecular formula is C19H27N3O2. The van der Waals surface area contributed by atoms with Gasteiger partial charge in [0.2, 0.25) is 0 Å². The van der Waals surface area contributed by atoms with E-state index >= 15 is 0 Å². The average molecular weight is 329 g/mol. The van der Waals surface area contributed by atoms with Crippen LogP contribution in [-0.4, -0.2) is 20.0 Å². The van der Waals surface area contributed by atoms with Crippen molar-refractivity contribution < 1.29 is 10.2 Å². The number of aliphatic hydroxyl groups is 2. The van der Waals surface area contributed by atoms with Crippen LogP contribution in [0.15, 0.2) is 24.4 Å². The summed E-state index contributed by atoms with van der Waals surface area (Å²) in [5.41, 5.74) is 4.98. The van der Waals surface area contributed by atoms with Crippen molar-refractivity contribution in [2.75, 3.05) is 5.32 Å². The van der Waals surface area contributed by atoms with Crippen LogP contribution in [-0.2, 0) is 26.8 Å². The molecule has 5 heteroatoms. The van der Waals surface area contributed by atoms with E-state index in [0.717, 1.165) is 23.4 Å². The lowest BCUT2D eigenvalue weighted by Gasteiger charge is -2.21. The van der Waals surface area contributed by atoms with E-state index in [1.165, 1.54) is 43.4 Å². The zero-order chi connectivity index (χ0) is 16.9. The van der Waals surface area contributed by atoms with Gasteiger partial charge in [0.15, 0.2) is 0 Å². The summed E-state index contributed by atoms with van der Waals surface area (Å²) in [7, 11) is 1.98. The van der Waals surface area contributed by atoms with Crippen molar-refractivity contribution in [3.63, 3.8) is 0 Å². The molecule has 0 spiro atoms. The molecule has 130 valence electrons. The van der Waals surface area contributed by atoms with Gasteiger partial charge >= 0.3 is 0 Å². The minimum atomic E-state index is -0.0639. The Hall–Kier alpha value is -1.85. The lowest BCUT2D eigenvalue weighted by molar-refractivity contribution is 0.260. The molecule has 0 atom stereocenters. The number of nitrogens with zero attached hydrogens (tertiary/aromatic N) is 2. The van der Waals surface area contributed by atoms with Crippen LogP contribution < -0.4 is 5.32 Å². The van der Waals surface area contributed by atoms with Gasteiger partial charge in [0, 0.05) is 37.0 Å². The SMILES string of the molecule is Cn1cc(CNc2ccc(CO)c(CO)c2)c(C2CCCCC2)n1. The van der Waals surface area contributed by atoms with Crippen molar-refractivity contribution in [1.82, 2.24) is 9.78 Å². The van der Waals surface area contributed by atoms with Crippen molar-refractivity contribution in [2.24, 2.45) is 7.05 Å². The van der Waals surface area contributed by atoms with Gasteiger partial charge in [-0.15, -0.1) is 0 Å². The highest BCUT2D eigenvalue weighted by Crippen LogP contribution is 2.33. The number of nitrogens with one attached hydrogen (secondary N) is 1. The van der Waals surface area contributed by atoms with Gasteiger partial charge in [0.05, 0.1) is 18.9 Å². The molecule has 0 aliphatic heterocycles. The standard InChI is InChI=1S/C19H27N3O2/c1-22-11-17(19(21-22)14-5-3-2-4-6-14)10-20-18-8-7-15(12-23)16(9-18)13-24/h7-9,11,14,20,23-24H,2-6,10,12-13H2,1H3. The lowest BCUT2D eigenvalue weighted by Crippen LogP contribution is -2.09. The van der Waals surface area contributed by atoms with Gasteiger partial charge in [-0.3, -0.25) is 4.68 Å². The van der Waals surface area contributed by atoms with E-state index in [9.17, 15) is 10.2 Å². The number of anilines is 1. The summed E-state index contributed by atoms with van der Waals surface area (Å²) in [5.74, 6) is 0.585. The number of aryl methyl sites for hydroxylation is 1. The highest BCUT2D eigenvalue weighted by atomic mass is 16.3. The predicted molar refractivity (Wildman–Crippen MR) is 94.6 cm³/mol. The quantitative estimate of drug-likeness (QED) is 0.762. The fraction of sp³-hybridized carbons (Fsp3) is 0.526. The Labute approximate surface area is 143 Å². The van der Waals surface area contributed by atoms with Crippen LogP contribution in [0, 0.1) is 0 Å². The molecule has 2 aromatic rings. The maximum atomic E-state index is 9.42. The van der Waals surface area contributed by atoms with E-state index in [4.69, 9.17) is 5.10 Å². The Bertz CT molecular complexity index is 675. The molecule has 3 N–H and O–H groups in total. The third kappa shape index (κ3) is 3.79. The number of hydrogen-bond acceptors (Lipinski definition) is 4. The predicted octanol–water partition coefficient (Wildman–Crippen LogP) is 3.06. The Morgan fingerprint density at radius 1 is 1.08 bits per heavy atom. The molecule has 5 nitrogen and oxygen atoms in total. The second-order valence-electron chi connectivity index (χ2n) is 6.70. The first-order valence-corrected chi connectivity index (χ1v) is 8.81. The molecule has 1 saturated carbocycles. The molecule has 1 aliphatic rings. The van der Waals surface area contributed by atoms with Crippen molar-refractivity contribution in [2.45, 2.75) is 57.8 Å². The molecule has 1 aromatic carbocycles. The molecule has 1 aromatic heterocycles. The zero-order valence-corrected chi connectivity index (χ0v) is 14.3. The van der Waals surface area contributed by atoms with Gasteiger partial charge in [0.1, 0.15) is 0 Å². The van der Waals surface area contributed by atoms with Gasteiger partial charge in [-0.2, -0.15) is 5.10 Å². The monoisotopic (exact) mass is 329 g/mol. The largest absolute Gasteiger partial charge is 0.392 e. The minimum Gasteiger partial charge on any atom is -0.392 e. The fourth-order valence-electron chi connectivity index (χ4n) is 3.65. The second kappa shape index (κ2) is 7.81. The van der Waals surface area contributed by atoms with E-state index < -0.39 is 0 Å². The first kappa shape index (κ1) is 17.0. The first-order valence-electron chi connectivity index (χ1n) is 8.81. The molecular weight excluding hydrogens is 302 g/mol. The number of aliphatic hydroxyl groups excluding tert-OH is 2. The Morgan fingerprint density at radius 2 is 1.83 bits per heavy atom. The molecule has 0 amide bonds. The van der Waals surface area contributed by atoms with Gasteiger partial charge in [-0.25, -0.2) is 0 Å².